The highest BCUT2D eigenvalue weighted by atomic mass is 32.2. The lowest BCUT2D eigenvalue weighted by Crippen LogP contribution is -2.16. The average molecular weight is 436 g/mol. The Kier molecular flexibility index (Phi) is 5.15. The average Bonchev–Trinajstić information content (AvgIpc) is 3.06. The van der Waals surface area contributed by atoms with Crippen LogP contribution in [-0.4, -0.2) is 33.7 Å². The van der Waals surface area contributed by atoms with Gasteiger partial charge in [-0.05, 0) is 63.2 Å². The van der Waals surface area contributed by atoms with Gasteiger partial charge in [0.2, 0.25) is 5.95 Å². The van der Waals surface area contributed by atoms with Crippen molar-refractivity contribution in [2.24, 2.45) is 0 Å². The number of imidazole rings is 1. The molecule has 0 fully saturated rings. The summed E-state index contributed by atoms with van der Waals surface area (Å²) in [4.78, 5) is 25.1. The molecule has 0 saturated heterocycles. The number of pyridine rings is 1. The first-order valence-electron chi connectivity index (χ1n) is 9.41. The van der Waals surface area contributed by atoms with Gasteiger partial charge >= 0.3 is 0 Å². The number of anilines is 2. The molecule has 4 rings (SSSR count). The van der Waals surface area contributed by atoms with Gasteiger partial charge in [-0.1, -0.05) is 0 Å². The molecule has 1 amide bonds. The largest absolute Gasteiger partial charge is 0.322 e. The lowest BCUT2D eigenvalue weighted by molar-refractivity contribution is 0.102. The Bertz CT molecular complexity index is 1370. The van der Waals surface area contributed by atoms with Crippen LogP contribution in [0.15, 0.2) is 59.8 Å². The van der Waals surface area contributed by atoms with Crippen LogP contribution >= 0.6 is 0 Å². The van der Waals surface area contributed by atoms with Gasteiger partial charge in [-0.25, -0.2) is 28.1 Å². The minimum atomic E-state index is -3.86. The molecule has 0 radical (unpaired) electrons. The van der Waals surface area contributed by atoms with E-state index in [4.69, 9.17) is 0 Å². The SMILES string of the molecule is Cc1cc(C)nc(NS(=O)(=O)c2ccc(NC(=O)c3ccn4cc(C)nc4c3)cc2)n1. The number of nitrogens with zero attached hydrogens (tertiary/aromatic N) is 4. The van der Waals surface area contributed by atoms with Crippen LogP contribution in [0.25, 0.3) is 5.65 Å². The molecule has 3 aromatic heterocycles. The molecule has 0 aliphatic rings. The molecule has 9 nitrogen and oxygen atoms in total. The lowest BCUT2D eigenvalue weighted by Gasteiger charge is -2.09. The highest BCUT2D eigenvalue weighted by Gasteiger charge is 2.16. The maximum atomic E-state index is 12.6. The highest BCUT2D eigenvalue weighted by molar-refractivity contribution is 7.92. The van der Waals surface area contributed by atoms with E-state index in [0.29, 0.717) is 28.3 Å². The summed E-state index contributed by atoms with van der Waals surface area (Å²) >= 11 is 0. The number of carbonyl (C=O) groups is 1. The molecule has 2 N–H and O–H groups in total. The molecule has 0 bridgehead atoms. The Morgan fingerprint density at radius 2 is 1.58 bits per heavy atom. The molecule has 158 valence electrons. The first-order chi connectivity index (χ1) is 14.7. The molecule has 0 spiro atoms. The number of benzene rings is 1. The number of aromatic nitrogens is 4. The van der Waals surface area contributed by atoms with Crippen LogP contribution in [0.4, 0.5) is 11.6 Å². The third-order valence-electron chi connectivity index (χ3n) is 4.47. The van der Waals surface area contributed by atoms with Gasteiger partial charge in [-0.2, -0.15) is 0 Å². The third kappa shape index (κ3) is 4.53. The maximum Gasteiger partial charge on any atom is 0.264 e. The third-order valence-corrected chi connectivity index (χ3v) is 5.82. The van der Waals surface area contributed by atoms with Crippen molar-refractivity contribution in [1.29, 1.82) is 0 Å². The Morgan fingerprint density at radius 1 is 0.903 bits per heavy atom. The Labute approximate surface area is 179 Å². The number of hydrogen-bond acceptors (Lipinski definition) is 6. The highest BCUT2D eigenvalue weighted by Crippen LogP contribution is 2.18. The molecule has 0 aliphatic carbocycles. The molecule has 0 saturated carbocycles. The van der Waals surface area contributed by atoms with E-state index in [0.717, 1.165) is 5.69 Å². The second-order valence-electron chi connectivity index (χ2n) is 7.12. The van der Waals surface area contributed by atoms with E-state index in [1.165, 1.54) is 24.3 Å². The van der Waals surface area contributed by atoms with Gasteiger partial charge < -0.3 is 9.72 Å². The Hall–Kier alpha value is -3.79. The predicted octanol–water partition coefficient (Wildman–Crippen LogP) is 3.10. The molecular formula is C21H20N6O3S. The van der Waals surface area contributed by atoms with Crippen LogP contribution in [0.2, 0.25) is 0 Å². The summed E-state index contributed by atoms with van der Waals surface area (Å²) in [6, 6.07) is 11.0. The molecule has 1 aromatic carbocycles. The number of amides is 1. The standard InChI is InChI=1S/C21H20N6O3S/c1-13-10-14(2)24-21(23-13)26-31(29,30)18-6-4-17(5-7-18)25-20(28)16-8-9-27-12-15(3)22-19(27)11-16/h4-12H,1-3H3,(H,25,28)(H,23,24,26). The minimum absolute atomic E-state index is 0.0134. The van der Waals surface area contributed by atoms with Gasteiger partial charge in [-0.15, -0.1) is 0 Å². The lowest BCUT2D eigenvalue weighted by atomic mass is 10.2. The fourth-order valence-corrected chi connectivity index (χ4v) is 4.07. The van der Waals surface area contributed by atoms with Gasteiger partial charge in [0.25, 0.3) is 15.9 Å². The van der Waals surface area contributed by atoms with E-state index >= 15 is 0 Å². The molecule has 10 heteroatoms. The minimum Gasteiger partial charge on any atom is -0.322 e. The fourth-order valence-electron chi connectivity index (χ4n) is 3.12. The van der Waals surface area contributed by atoms with Crippen molar-refractivity contribution < 1.29 is 13.2 Å². The summed E-state index contributed by atoms with van der Waals surface area (Å²) in [5.41, 5.74) is 3.76. The zero-order valence-electron chi connectivity index (χ0n) is 17.1. The molecule has 4 aromatic rings. The van der Waals surface area contributed by atoms with Gasteiger partial charge in [0.05, 0.1) is 10.6 Å². The van der Waals surface area contributed by atoms with Crippen LogP contribution < -0.4 is 10.0 Å². The zero-order valence-corrected chi connectivity index (χ0v) is 17.9. The molecule has 3 heterocycles. The van der Waals surface area contributed by atoms with E-state index < -0.39 is 10.0 Å². The molecule has 0 aliphatic heterocycles. The van der Waals surface area contributed by atoms with E-state index in [1.807, 2.05) is 17.5 Å². The van der Waals surface area contributed by atoms with Gasteiger partial charge in [0.1, 0.15) is 5.65 Å². The Balaban J connectivity index is 1.49. The summed E-state index contributed by atoms with van der Waals surface area (Å²) < 4.78 is 29.4. The van der Waals surface area contributed by atoms with Crippen molar-refractivity contribution in [3.05, 3.63) is 77.5 Å². The molecule has 31 heavy (non-hydrogen) atoms. The number of fused-ring (bicyclic) bond motifs is 1. The maximum absolute atomic E-state index is 12.6. The summed E-state index contributed by atoms with van der Waals surface area (Å²) in [5.74, 6) is -0.306. The summed E-state index contributed by atoms with van der Waals surface area (Å²) in [6.45, 7) is 5.40. The van der Waals surface area contributed by atoms with Crippen LogP contribution in [0.3, 0.4) is 0 Å². The van der Waals surface area contributed by atoms with Crippen LogP contribution in [0, 0.1) is 20.8 Å². The molecular weight excluding hydrogens is 416 g/mol. The van der Waals surface area contributed by atoms with Gasteiger partial charge in [0.15, 0.2) is 0 Å². The van der Waals surface area contributed by atoms with Crippen molar-refractivity contribution in [1.82, 2.24) is 19.4 Å². The quantitative estimate of drug-likeness (QED) is 0.496. The molecule has 0 atom stereocenters. The second-order valence-corrected chi connectivity index (χ2v) is 8.80. The van der Waals surface area contributed by atoms with Crippen LogP contribution in [0.1, 0.15) is 27.4 Å². The van der Waals surface area contributed by atoms with Crippen molar-refractivity contribution >= 4 is 33.2 Å². The van der Waals surface area contributed by atoms with Gasteiger partial charge in [-0.3, -0.25) is 4.79 Å². The zero-order chi connectivity index (χ0) is 22.2. The van der Waals surface area contributed by atoms with Crippen LogP contribution in [-0.2, 0) is 10.0 Å². The fraction of sp³-hybridized carbons (Fsp3) is 0.143. The second kappa shape index (κ2) is 7.80. The first kappa shape index (κ1) is 20.5. The number of hydrogen-bond donors (Lipinski definition) is 2. The number of nitrogens with one attached hydrogen (secondary N) is 2. The monoisotopic (exact) mass is 436 g/mol. The van der Waals surface area contributed by atoms with E-state index in [-0.39, 0.29) is 16.8 Å². The topological polar surface area (TPSA) is 118 Å². The summed E-state index contributed by atoms with van der Waals surface area (Å²) in [7, 11) is -3.86. The van der Waals surface area contributed by atoms with Crippen molar-refractivity contribution in [2.75, 3.05) is 10.0 Å². The Morgan fingerprint density at radius 3 is 2.26 bits per heavy atom. The number of rotatable bonds is 5. The summed E-state index contributed by atoms with van der Waals surface area (Å²) in [5, 5.41) is 2.76. The number of aryl methyl sites for hydroxylation is 3. The smallest absolute Gasteiger partial charge is 0.264 e. The normalized spacial score (nSPS) is 11.5. The molecule has 0 unspecified atom stereocenters. The van der Waals surface area contributed by atoms with Crippen LogP contribution in [0.5, 0.6) is 0 Å². The summed E-state index contributed by atoms with van der Waals surface area (Å²) in [6.07, 6.45) is 3.63. The van der Waals surface area contributed by atoms with Gasteiger partial charge in [0, 0.05) is 35.0 Å². The van der Waals surface area contributed by atoms with E-state index in [2.05, 4.69) is 25.0 Å². The number of carbonyl (C=O) groups excluding carboxylic acids is 1. The van der Waals surface area contributed by atoms with E-state index in [1.54, 1.807) is 38.2 Å². The van der Waals surface area contributed by atoms with Crippen molar-refractivity contribution in [2.45, 2.75) is 25.7 Å². The first-order valence-corrected chi connectivity index (χ1v) is 10.9. The number of sulfonamides is 1. The van der Waals surface area contributed by atoms with Crippen molar-refractivity contribution in [3.63, 3.8) is 0 Å². The predicted molar refractivity (Wildman–Crippen MR) is 117 cm³/mol. The van der Waals surface area contributed by atoms with Crippen molar-refractivity contribution in [3.8, 4) is 0 Å². The van der Waals surface area contributed by atoms with E-state index in [9.17, 15) is 13.2 Å².